The lowest BCUT2D eigenvalue weighted by atomic mass is 10.3. The van der Waals surface area contributed by atoms with Gasteiger partial charge in [-0.3, -0.25) is 14.0 Å². The number of aromatic nitrogens is 3. The predicted octanol–water partition coefficient (Wildman–Crippen LogP) is 2.42. The lowest BCUT2D eigenvalue weighted by Gasteiger charge is -2.06. The van der Waals surface area contributed by atoms with Crippen LogP contribution in [0.1, 0.15) is 6.92 Å². The summed E-state index contributed by atoms with van der Waals surface area (Å²) in [6.07, 6.45) is 1.86. The Morgan fingerprint density at radius 3 is 2.46 bits per heavy atom. The molecule has 0 aliphatic rings. The van der Waals surface area contributed by atoms with Gasteiger partial charge in [-0.1, -0.05) is 17.8 Å². The van der Waals surface area contributed by atoms with Crippen LogP contribution in [0.15, 0.2) is 53.8 Å². The number of amides is 2. The van der Waals surface area contributed by atoms with Crippen LogP contribution in [0.4, 0.5) is 11.4 Å². The standard InChI is InChI=1S/C16H15N5O2S/c1-11(22)17-12-5-7-13(8-6-12)18-15(23)10-24-16-20-19-14-4-2-3-9-21(14)16/h2-9H,10H2,1H3,(H,17,22)(H,18,23). The summed E-state index contributed by atoms with van der Waals surface area (Å²) in [5.74, 6) is -0.0490. The Hall–Kier alpha value is -2.87. The first-order valence-corrected chi connectivity index (χ1v) is 8.20. The Morgan fingerprint density at radius 1 is 1.04 bits per heavy atom. The van der Waals surface area contributed by atoms with Gasteiger partial charge >= 0.3 is 0 Å². The first kappa shape index (κ1) is 16.0. The third-order valence-electron chi connectivity index (χ3n) is 3.10. The summed E-state index contributed by atoms with van der Waals surface area (Å²) in [6, 6.07) is 12.6. The molecular formula is C16H15N5O2S. The van der Waals surface area contributed by atoms with Crippen molar-refractivity contribution in [3.05, 3.63) is 48.7 Å². The summed E-state index contributed by atoms with van der Waals surface area (Å²) >= 11 is 1.32. The molecule has 8 heteroatoms. The third kappa shape index (κ3) is 3.90. The molecule has 0 aliphatic carbocycles. The summed E-state index contributed by atoms with van der Waals surface area (Å²) in [5.41, 5.74) is 2.10. The van der Waals surface area contributed by atoms with Crippen molar-refractivity contribution in [3.63, 3.8) is 0 Å². The minimum absolute atomic E-state index is 0.135. The van der Waals surface area contributed by atoms with Crippen LogP contribution in [0.25, 0.3) is 5.65 Å². The van der Waals surface area contributed by atoms with E-state index in [1.807, 2.05) is 28.8 Å². The number of pyridine rings is 1. The second kappa shape index (κ2) is 7.14. The molecule has 0 spiro atoms. The summed E-state index contributed by atoms with van der Waals surface area (Å²) in [7, 11) is 0. The summed E-state index contributed by atoms with van der Waals surface area (Å²) in [4.78, 5) is 23.0. The lowest BCUT2D eigenvalue weighted by Crippen LogP contribution is -2.14. The van der Waals surface area contributed by atoms with E-state index in [-0.39, 0.29) is 17.6 Å². The Morgan fingerprint density at radius 2 is 1.75 bits per heavy atom. The van der Waals surface area contributed by atoms with E-state index in [2.05, 4.69) is 20.8 Å². The number of benzene rings is 1. The zero-order valence-electron chi connectivity index (χ0n) is 12.9. The van der Waals surface area contributed by atoms with E-state index in [4.69, 9.17) is 0 Å². The highest BCUT2D eigenvalue weighted by Crippen LogP contribution is 2.18. The van der Waals surface area contributed by atoms with Gasteiger partial charge in [0.05, 0.1) is 5.75 Å². The van der Waals surface area contributed by atoms with Gasteiger partial charge in [0.2, 0.25) is 11.8 Å². The summed E-state index contributed by atoms with van der Waals surface area (Å²) in [6.45, 7) is 1.45. The predicted molar refractivity (Wildman–Crippen MR) is 93.1 cm³/mol. The van der Waals surface area contributed by atoms with Crippen molar-refractivity contribution in [1.82, 2.24) is 14.6 Å². The maximum Gasteiger partial charge on any atom is 0.234 e. The quantitative estimate of drug-likeness (QED) is 0.696. The molecule has 0 saturated carbocycles. The molecule has 2 N–H and O–H groups in total. The highest BCUT2D eigenvalue weighted by Gasteiger charge is 2.09. The van der Waals surface area contributed by atoms with Gasteiger partial charge in [0.15, 0.2) is 10.8 Å². The second-order valence-electron chi connectivity index (χ2n) is 5.01. The van der Waals surface area contributed by atoms with Gasteiger partial charge in [0.25, 0.3) is 0 Å². The van der Waals surface area contributed by atoms with Crippen molar-refractivity contribution in [2.75, 3.05) is 16.4 Å². The Labute approximate surface area is 142 Å². The van der Waals surface area contributed by atoms with Crippen molar-refractivity contribution in [1.29, 1.82) is 0 Å². The van der Waals surface area contributed by atoms with E-state index < -0.39 is 0 Å². The molecule has 0 aliphatic heterocycles. The van der Waals surface area contributed by atoms with E-state index in [0.717, 1.165) is 5.65 Å². The fourth-order valence-corrected chi connectivity index (χ4v) is 2.81. The highest BCUT2D eigenvalue weighted by molar-refractivity contribution is 7.99. The maximum absolute atomic E-state index is 12.0. The van der Waals surface area contributed by atoms with Crippen LogP contribution in [-0.4, -0.2) is 32.2 Å². The third-order valence-corrected chi connectivity index (χ3v) is 4.05. The molecule has 2 aromatic heterocycles. The van der Waals surface area contributed by atoms with Gasteiger partial charge in [-0.05, 0) is 36.4 Å². The van der Waals surface area contributed by atoms with Crippen molar-refractivity contribution < 1.29 is 9.59 Å². The number of thioether (sulfide) groups is 1. The number of hydrogen-bond acceptors (Lipinski definition) is 5. The van der Waals surface area contributed by atoms with E-state index in [1.165, 1.54) is 18.7 Å². The number of hydrogen-bond donors (Lipinski definition) is 2. The van der Waals surface area contributed by atoms with Gasteiger partial charge in [-0.2, -0.15) is 0 Å². The highest BCUT2D eigenvalue weighted by atomic mass is 32.2. The SMILES string of the molecule is CC(=O)Nc1ccc(NC(=O)CSc2nnc3ccccn23)cc1. The number of rotatable bonds is 5. The van der Waals surface area contributed by atoms with Crippen LogP contribution in [0.2, 0.25) is 0 Å². The largest absolute Gasteiger partial charge is 0.326 e. The minimum atomic E-state index is -0.139. The van der Waals surface area contributed by atoms with E-state index in [9.17, 15) is 9.59 Å². The molecule has 0 fully saturated rings. The Kier molecular flexibility index (Phi) is 4.76. The molecule has 0 unspecified atom stereocenters. The lowest BCUT2D eigenvalue weighted by molar-refractivity contribution is -0.114. The smallest absolute Gasteiger partial charge is 0.234 e. The number of carbonyl (C=O) groups is 2. The number of nitrogens with one attached hydrogen (secondary N) is 2. The van der Waals surface area contributed by atoms with Gasteiger partial charge < -0.3 is 10.6 Å². The molecule has 1 aromatic carbocycles. The normalized spacial score (nSPS) is 10.5. The van der Waals surface area contributed by atoms with Gasteiger partial charge in [0.1, 0.15) is 0 Å². The van der Waals surface area contributed by atoms with E-state index in [0.29, 0.717) is 16.5 Å². The molecule has 0 saturated heterocycles. The number of nitrogens with zero attached hydrogens (tertiary/aromatic N) is 3. The molecular weight excluding hydrogens is 326 g/mol. The molecule has 0 bridgehead atoms. The zero-order chi connectivity index (χ0) is 16.9. The van der Waals surface area contributed by atoms with Gasteiger partial charge in [-0.15, -0.1) is 10.2 Å². The first-order valence-electron chi connectivity index (χ1n) is 7.22. The summed E-state index contributed by atoms with van der Waals surface area (Å²) < 4.78 is 1.83. The van der Waals surface area contributed by atoms with Crippen molar-refractivity contribution in [2.45, 2.75) is 12.1 Å². The van der Waals surface area contributed by atoms with Crippen LogP contribution in [0.3, 0.4) is 0 Å². The molecule has 2 amide bonds. The molecule has 7 nitrogen and oxygen atoms in total. The van der Waals surface area contributed by atoms with Crippen LogP contribution in [-0.2, 0) is 9.59 Å². The number of carbonyl (C=O) groups excluding carboxylic acids is 2. The molecule has 3 aromatic rings. The fraction of sp³-hybridized carbons (Fsp3) is 0.125. The Balaban J connectivity index is 1.56. The van der Waals surface area contributed by atoms with Crippen LogP contribution in [0, 0.1) is 0 Å². The van der Waals surface area contributed by atoms with Crippen LogP contribution < -0.4 is 10.6 Å². The van der Waals surface area contributed by atoms with Crippen LogP contribution in [0.5, 0.6) is 0 Å². The van der Waals surface area contributed by atoms with Crippen molar-refractivity contribution in [2.24, 2.45) is 0 Å². The van der Waals surface area contributed by atoms with Gasteiger partial charge in [-0.25, -0.2) is 0 Å². The fourth-order valence-electron chi connectivity index (χ4n) is 2.09. The molecule has 24 heavy (non-hydrogen) atoms. The minimum Gasteiger partial charge on any atom is -0.326 e. The average Bonchev–Trinajstić information content (AvgIpc) is 2.98. The average molecular weight is 341 g/mol. The van der Waals surface area contributed by atoms with Crippen LogP contribution >= 0.6 is 11.8 Å². The van der Waals surface area contributed by atoms with Crippen molar-refractivity contribution >= 4 is 40.6 Å². The summed E-state index contributed by atoms with van der Waals surface area (Å²) in [5, 5.41) is 14.3. The zero-order valence-corrected chi connectivity index (χ0v) is 13.7. The number of fused-ring (bicyclic) bond motifs is 1. The molecule has 2 heterocycles. The first-order chi connectivity index (χ1) is 11.6. The van der Waals surface area contributed by atoms with E-state index >= 15 is 0 Å². The van der Waals surface area contributed by atoms with E-state index in [1.54, 1.807) is 24.3 Å². The molecule has 0 radical (unpaired) electrons. The molecule has 3 rings (SSSR count). The second-order valence-corrected chi connectivity index (χ2v) is 5.95. The molecule has 0 atom stereocenters. The number of anilines is 2. The maximum atomic E-state index is 12.0. The Bertz CT molecular complexity index is 876. The monoisotopic (exact) mass is 341 g/mol. The van der Waals surface area contributed by atoms with Crippen molar-refractivity contribution in [3.8, 4) is 0 Å². The topological polar surface area (TPSA) is 88.4 Å². The molecule has 122 valence electrons. The van der Waals surface area contributed by atoms with Gasteiger partial charge in [0, 0.05) is 24.5 Å².